The molecule has 1 aromatic heterocycles. The van der Waals surface area contributed by atoms with Crippen LogP contribution in [0.2, 0.25) is 0 Å². The molecular formula is C19H16N2O5. The molecule has 0 spiro atoms. The standard InChI is InChI=1S/C19H16N2O5/c22-14-5-9(6-15(23)18(14)24)17-16-12(7-10-8-26-19(25)21(10)17)11-3-1-2-4-13(11)20-16/h1-6,10,17,20,22-24H,7-8H2/t10-,17+/m0/s1. The second kappa shape index (κ2) is 5.08. The summed E-state index contributed by atoms with van der Waals surface area (Å²) >= 11 is 0. The molecule has 0 unspecified atom stereocenters. The van der Waals surface area contributed by atoms with Crippen LogP contribution in [0.25, 0.3) is 10.9 Å². The third-order valence-electron chi connectivity index (χ3n) is 5.25. The van der Waals surface area contributed by atoms with E-state index in [0.29, 0.717) is 18.6 Å². The predicted molar refractivity (Wildman–Crippen MR) is 92.3 cm³/mol. The zero-order chi connectivity index (χ0) is 18.0. The number of ether oxygens (including phenoxy) is 1. The van der Waals surface area contributed by atoms with Crippen molar-refractivity contribution in [2.24, 2.45) is 0 Å². The number of hydrogen-bond donors (Lipinski definition) is 4. The van der Waals surface area contributed by atoms with Crippen molar-refractivity contribution >= 4 is 17.0 Å². The topological polar surface area (TPSA) is 106 Å². The van der Waals surface area contributed by atoms with E-state index in [1.165, 1.54) is 12.1 Å². The Hall–Kier alpha value is -3.35. The summed E-state index contributed by atoms with van der Waals surface area (Å²) < 4.78 is 5.25. The Morgan fingerprint density at radius 1 is 1.12 bits per heavy atom. The summed E-state index contributed by atoms with van der Waals surface area (Å²) in [7, 11) is 0. The van der Waals surface area contributed by atoms with E-state index in [4.69, 9.17) is 4.74 Å². The van der Waals surface area contributed by atoms with Crippen LogP contribution in [-0.2, 0) is 11.2 Å². The van der Waals surface area contributed by atoms with Crippen molar-refractivity contribution in [1.29, 1.82) is 0 Å². The summed E-state index contributed by atoms with van der Waals surface area (Å²) in [6.07, 6.45) is 0.230. The van der Waals surface area contributed by atoms with E-state index in [1.54, 1.807) is 4.90 Å². The molecule has 7 nitrogen and oxygen atoms in total. The van der Waals surface area contributed by atoms with Crippen molar-refractivity contribution in [2.75, 3.05) is 6.61 Å². The van der Waals surface area contributed by atoms with Crippen molar-refractivity contribution in [1.82, 2.24) is 9.88 Å². The highest BCUT2D eigenvalue weighted by Crippen LogP contribution is 2.46. The highest BCUT2D eigenvalue weighted by molar-refractivity contribution is 5.86. The number of rotatable bonds is 1. The molecule has 0 saturated carbocycles. The van der Waals surface area contributed by atoms with E-state index in [2.05, 4.69) is 4.98 Å². The number of fused-ring (bicyclic) bond motifs is 4. The number of nitrogens with zero attached hydrogens (tertiary/aromatic N) is 1. The van der Waals surface area contributed by atoms with Crippen LogP contribution in [0.5, 0.6) is 17.2 Å². The number of nitrogens with one attached hydrogen (secondary N) is 1. The second-order valence-corrected chi connectivity index (χ2v) is 6.72. The number of carbonyl (C=O) groups excluding carboxylic acids is 1. The molecule has 3 heterocycles. The van der Waals surface area contributed by atoms with Crippen molar-refractivity contribution in [2.45, 2.75) is 18.5 Å². The lowest BCUT2D eigenvalue weighted by Gasteiger charge is -2.35. The summed E-state index contributed by atoms with van der Waals surface area (Å²) in [6, 6.07) is 9.95. The van der Waals surface area contributed by atoms with E-state index in [-0.39, 0.29) is 6.04 Å². The molecule has 5 rings (SSSR count). The third kappa shape index (κ3) is 1.91. The van der Waals surface area contributed by atoms with Gasteiger partial charge in [-0.3, -0.25) is 4.90 Å². The Morgan fingerprint density at radius 2 is 1.85 bits per heavy atom. The number of hydrogen-bond acceptors (Lipinski definition) is 5. The summed E-state index contributed by atoms with van der Waals surface area (Å²) in [5.74, 6) is -1.46. The average molecular weight is 352 g/mol. The molecule has 1 amide bonds. The Bertz CT molecular complexity index is 1030. The fraction of sp³-hybridized carbons (Fsp3) is 0.211. The Labute approximate surface area is 148 Å². The summed E-state index contributed by atoms with van der Waals surface area (Å²) in [5.41, 5.74) is 3.38. The summed E-state index contributed by atoms with van der Waals surface area (Å²) in [4.78, 5) is 17.4. The molecule has 1 saturated heterocycles. The highest BCUT2D eigenvalue weighted by Gasteiger charge is 2.45. The minimum Gasteiger partial charge on any atom is -0.504 e. The van der Waals surface area contributed by atoms with Gasteiger partial charge < -0.3 is 25.0 Å². The van der Waals surface area contributed by atoms with Crippen LogP contribution in [0.1, 0.15) is 22.9 Å². The molecule has 0 aliphatic carbocycles. The van der Waals surface area contributed by atoms with E-state index in [1.807, 2.05) is 24.3 Å². The number of carbonyl (C=O) groups is 1. The first-order chi connectivity index (χ1) is 12.5. The number of para-hydroxylation sites is 1. The number of phenols is 3. The normalized spacial score (nSPS) is 21.5. The van der Waals surface area contributed by atoms with Gasteiger partial charge in [-0.15, -0.1) is 0 Å². The van der Waals surface area contributed by atoms with Gasteiger partial charge in [-0.25, -0.2) is 4.79 Å². The van der Waals surface area contributed by atoms with Gasteiger partial charge in [0.15, 0.2) is 17.2 Å². The number of cyclic esters (lactones) is 1. The molecule has 7 heteroatoms. The van der Waals surface area contributed by atoms with Gasteiger partial charge in [0, 0.05) is 16.6 Å². The number of aromatic amines is 1. The molecule has 2 aliphatic rings. The van der Waals surface area contributed by atoms with Gasteiger partial charge in [0.1, 0.15) is 12.6 Å². The second-order valence-electron chi connectivity index (χ2n) is 6.72. The van der Waals surface area contributed by atoms with Crippen LogP contribution in [0.4, 0.5) is 4.79 Å². The van der Waals surface area contributed by atoms with Crippen LogP contribution < -0.4 is 0 Å². The lowest BCUT2D eigenvalue weighted by atomic mass is 9.89. The maximum absolute atomic E-state index is 12.4. The van der Waals surface area contributed by atoms with E-state index < -0.39 is 29.4 Å². The molecule has 3 aromatic rings. The van der Waals surface area contributed by atoms with Gasteiger partial charge in [-0.1, -0.05) is 18.2 Å². The molecule has 2 atom stereocenters. The monoisotopic (exact) mass is 352 g/mol. The molecule has 26 heavy (non-hydrogen) atoms. The Morgan fingerprint density at radius 3 is 2.62 bits per heavy atom. The van der Waals surface area contributed by atoms with Crippen LogP contribution in [0.15, 0.2) is 36.4 Å². The molecular weight excluding hydrogens is 336 g/mol. The van der Waals surface area contributed by atoms with Gasteiger partial charge in [0.25, 0.3) is 0 Å². The first kappa shape index (κ1) is 14.9. The molecule has 1 fully saturated rings. The van der Waals surface area contributed by atoms with Gasteiger partial charge in [0.05, 0.1) is 6.04 Å². The number of benzene rings is 2. The molecule has 0 bridgehead atoms. The molecule has 2 aromatic carbocycles. The molecule has 4 N–H and O–H groups in total. The van der Waals surface area contributed by atoms with Gasteiger partial charge in [-0.05, 0) is 35.7 Å². The quantitative estimate of drug-likeness (QED) is 0.504. The SMILES string of the molecule is O=C1OC[C@@H]2Cc3c([nH]c4ccccc34)[C@@H](c3cc(O)c(O)c(O)c3)N12. The first-order valence-corrected chi connectivity index (χ1v) is 8.34. The number of phenolic OH excluding ortho intramolecular Hbond substituents is 3. The zero-order valence-electron chi connectivity index (χ0n) is 13.6. The number of aromatic nitrogens is 1. The number of aromatic hydroxyl groups is 3. The van der Waals surface area contributed by atoms with Gasteiger partial charge in [0.2, 0.25) is 0 Å². The van der Waals surface area contributed by atoms with Crippen molar-refractivity contribution in [3.63, 3.8) is 0 Å². The van der Waals surface area contributed by atoms with Crippen LogP contribution in [0, 0.1) is 0 Å². The number of H-pyrrole nitrogens is 1. The van der Waals surface area contributed by atoms with Crippen LogP contribution in [-0.4, -0.2) is 43.9 Å². The predicted octanol–water partition coefficient (Wildman–Crippen LogP) is 2.75. The fourth-order valence-corrected chi connectivity index (χ4v) is 4.10. The highest BCUT2D eigenvalue weighted by atomic mass is 16.6. The summed E-state index contributed by atoms with van der Waals surface area (Å²) in [6.45, 7) is 0.296. The molecule has 132 valence electrons. The van der Waals surface area contributed by atoms with E-state index >= 15 is 0 Å². The summed E-state index contributed by atoms with van der Waals surface area (Å²) in [5, 5.41) is 30.6. The van der Waals surface area contributed by atoms with Gasteiger partial charge >= 0.3 is 6.09 Å². The van der Waals surface area contributed by atoms with Crippen molar-refractivity contribution in [3.05, 3.63) is 53.2 Å². The Kier molecular flexibility index (Phi) is 2.92. The molecule has 2 aliphatic heterocycles. The molecule has 0 radical (unpaired) electrons. The lowest BCUT2D eigenvalue weighted by Crippen LogP contribution is -2.42. The largest absolute Gasteiger partial charge is 0.504 e. The van der Waals surface area contributed by atoms with E-state index in [9.17, 15) is 20.1 Å². The zero-order valence-corrected chi connectivity index (χ0v) is 13.6. The fourth-order valence-electron chi connectivity index (χ4n) is 4.10. The first-order valence-electron chi connectivity index (χ1n) is 8.34. The minimum atomic E-state index is -0.582. The average Bonchev–Trinajstić information content (AvgIpc) is 3.18. The Balaban J connectivity index is 1.77. The lowest BCUT2D eigenvalue weighted by molar-refractivity contribution is 0.147. The third-order valence-corrected chi connectivity index (χ3v) is 5.25. The van der Waals surface area contributed by atoms with E-state index in [0.717, 1.165) is 22.2 Å². The minimum absolute atomic E-state index is 0.128. The maximum Gasteiger partial charge on any atom is 0.411 e. The maximum atomic E-state index is 12.4. The van der Waals surface area contributed by atoms with Crippen LogP contribution in [0.3, 0.4) is 0 Å². The number of amides is 1. The van der Waals surface area contributed by atoms with Gasteiger partial charge in [-0.2, -0.15) is 0 Å². The van der Waals surface area contributed by atoms with Crippen molar-refractivity contribution < 1.29 is 24.9 Å². The van der Waals surface area contributed by atoms with Crippen molar-refractivity contribution in [3.8, 4) is 17.2 Å². The smallest absolute Gasteiger partial charge is 0.411 e. The van der Waals surface area contributed by atoms with Crippen LogP contribution >= 0.6 is 0 Å².